The first-order chi connectivity index (χ1) is 8.88. The van der Waals surface area contributed by atoms with E-state index in [1.165, 1.54) is 40.3 Å². The van der Waals surface area contributed by atoms with Gasteiger partial charge in [0.1, 0.15) is 0 Å². The van der Waals surface area contributed by atoms with Gasteiger partial charge in [-0.1, -0.05) is 55.3 Å². The molecule has 0 heterocycles. The van der Waals surface area contributed by atoms with Gasteiger partial charge in [0.25, 0.3) is 0 Å². The molecule has 0 aliphatic heterocycles. The molecule has 0 nitrogen and oxygen atoms in total. The van der Waals surface area contributed by atoms with Crippen LogP contribution < -0.4 is 0 Å². The normalized spacial score (nSPS) is 10.4. The van der Waals surface area contributed by atoms with Crippen molar-refractivity contribution in [3.63, 3.8) is 0 Å². The van der Waals surface area contributed by atoms with Gasteiger partial charge in [-0.15, -0.1) is 34.5 Å². The summed E-state index contributed by atoms with van der Waals surface area (Å²) in [5, 5.41) is 2.74. The van der Waals surface area contributed by atoms with Gasteiger partial charge in [-0.2, -0.15) is 6.07 Å². The van der Waals surface area contributed by atoms with Crippen LogP contribution in [0.4, 0.5) is 0 Å². The monoisotopic (exact) mass is 323 g/mol. The van der Waals surface area contributed by atoms with Crippen molar-refractivity contribution in [2.75, 3.05) is 0 Å². The second-order valence-electron chi connectivity index (χ2n) is 4.79. The van der Waals surface area contributed by atoms with Crippen LogP contribution in [0, 0.1) is 0 Å². The number of benzene rings is 2. The summed E-state index contributed by atoms with van der Waals surface area (Å²) in [6.07, 6.45) is 2.37. The zero-order valence-electron chi connectivity index (χ0n) is 11.2. The van der Waals surface area contributed by atoms with Crippen molar-refractivity contribution in [2.45, 2.75) is 19.8 Å². The summed E-state index contributed by atoms with van der Waals surface area (Å²) in [6, 6.07) is 21.9. The molecule has 1 heteroatoms. The van der Waals surface area contributed by atoms with Gasteiger partial charge in [0.15, 0.2) is 0 Å². The smallest absolute Gasteiger partial charge is 0 e. The van der Waals surface area contributed by atoms with E-state index in [4.69, 9.17) is 0 Å². The number of hydrogen-bond acceptors (Lipinski definition) is 0. The molecule has 94 valence electrons. The largest absolute Gasteiger partial charge is 0.164 e. The minimum atomic E-state index is 0. The molecule has 3 rings (SSSR count). The van der Waals surface area contributed by atoms with Gasteiger partial charge in [-0.25, -0.2) is 0 Å². The summed E-state index contributed by atoms with van der Waals surface area (Å²) in [5.74, 6) is 0. The summed E-state index contributed by atoms with van der Waals surface area (Å²) in [6.45, 7) is 2.23. The first-order valence-corrected chi connectivity index (χ1v) is 6.62. The summed E-state index contributed by atoms with van der Waals surface area (Å²) in [4.78, 5) is 0. The molecular formula is C18H17Zr-. The van der Waals surface area contributed by atoms with Gasteiger partial charge in [0.2, 0.25) is 0 Å². The second kappa shape index (κ2) is 6.39. The average Bonchev–Trinajstić information content (AvgIpc) is 2.82. The summed E-state index contributed by atoms with van der Waals surface area (Å²) < 4.78 is 0. The molecule has 3 aromatic carbocycles. The summed E-state index contributed by atoms with van der Waals surface area (Å²) in [7, 11) is 0. The fraction of sp³-hybridized carbons (Fsp3) is 0.167. The van der Waals surface area contributed by atoms with Crippen LogP contribution in [0.25, 0.3) is 21.9 Å². The van der Waals surface area contributed by atoms with Crippen LogP contribution in [0.15, 0.2) is 60.7 Å². The van der Waals surface area contributed by atoms with Crippen molar-refractivity contribution >= 4 is 10.8 Å². The van der Waals surface area contributed by atoms with Crippen molar-refractivity contribution in [3.8, 4) is 11.1 Å². The second-order valence-corrected chi connectivity index (χ2v) is 4.79. The summed E-state index contributed by atoms with van der Waals surface area (Å²) in [5.41, 5.74) is 4.10. The van der Waals surface area contributed by atoms with Crippen molar-refractivity contribution < 1.29 is 26.2 Å². The molecule has 0 amide bonds. The van der Waals surface area contributed by atoms with Crippen LogP contribution >= 0.6 is 0 Å². The Bertz CT molecular complexity index is 650. The molecule has 0 saturated heterocycles. The molecule has 19 heavy (non-hydrogen) atoms. The maximum Gasteiger partial charge on any atom is 0 e. The maximum absolute atomic E-state index is 2.35. The Morgan fingerprint density at radius 2 is 1.74 bits per heavy atom. The number of aryl methyl sites for hydroxylation is 1. The molecule has 0 atom stereocenters. The van der Waals surface area contributed by atoms with E-state index in [0.717, 1.165) is 0 Å². The van der Waals surface area contributed by atoms with E-state index < -0.39 is 0 Å². The number of fused-ring (bicyclic) bond motifs is 1. The van der Waals surface area contributed by atoms with Crippen molar-refractivity contribution in [1.82, 2.24) is 0 Å². The molecule has 0 radical (unpaired) electrons. The Morgan fingerprint density at radius 1 is 0.947 bits per heavy atom. The standard InChI is InChI=1S/C18H17.Zr/c1-2-7-14-12-16-10-6-11-17(18(16)13-14)15-8-4-3-5-9-15;/h3-6,8-13H,2,7H2,1H3;/q-1;. The van der Waals surface area contributed by atoms with Crippen LogP contribution in [0.5, 0.6) is 0 Å². The minimum Gasteiger partial charge on any atom is -0.164 e. The molecule has 0 aromatic heterocycles. The van der Waals surface area contributed by atoms with E-state index in [1.54, 1.807) is 0 Å². The molecule has 0 aliphatic carbocycles. The van der Waals surface area contributed by atoms with E-state index >= 15 is 0 Å². The predicted octanol–water partition coefficient (Wildman–Crippen LogP) is 5.18. The van der Waals surface area contributed by atoms with Crippen LogP contribution in [0.3, 0.4) is 0 Å². The summed E-state index contributed by atoms with van der Waals surface area (Å²) >= 11 is 0. The van der Waals surface area contributed by atoms with Crippen LogP contribution in [-0.2, 0) is 32.6 Å². The molecular weight excluding hydrogens is 307 g/mol. The molecule has 0 N–H and O–H groups in total. The first kappa shape index (κ1) is 14.3. The van der Waals surface area contributed by atoms with E-state index in [2.05, 4.69) is 67.6 Å². The topological polar surface area (TPSA) is 0 Å². The SMILES string of the molecule is CCCc1cc2c(-c3ccccc3)cccc2[cH-]1.[Zr]. The fourth-order valence-corrected chi connectivity index (χ4v) is 2.60. The average molecular weight is 325 g/mol. The first-order valence-electron chi connectivity index (χ1n) is 6.62. The fourth-order valence-electron chi connectivity index (χ4n) is 2.60. The molecule has 0 aliphatic rings. The molecule has 0 bridgehead atoms. The van der Waals surface area contributed by atoms with Gasteiger partial charge in [0.05, 0.1) is 0 Å². The Morgan fingerprint density at radius 3 is 2.47 bits per heavy atom. The van der Waals surface area contributed by atoms with Gasteiger partial charge < -0.3 is 0 Å². The Hall–Kier alpha value is -1.07. The third-order valence-electron chi connectivity index (χ3n) is 3.43. The molecule has 0 spiro atoms. The van der Waals surface area contributed by atoms with Gasteiger partial charge in [-0.3, -0.25) is 0 Å². The predicted molar refractivity (Wildman–Crippen MR) is 79.0 cm³/mol. The van der Waals surface area contributed by atoms with Crippen molar-refractivity contribution in [1.29, 1.82) is 0 Å². The Labute approximate surface area is 134 Å². The number of hydrogen-bond donors (Lipinski definition) is 0. The van der Waals surface area contributed by atoms with E-state index in [1.807, 2.05) is 0 Å². The van der Waals surface area contributed by atoms with E-state index in [0.29, 0.717) is 0 Å². The van der Waals surface area contributed by atoms with E-state index in [-0.39, 0.29) is 26.2 Å². The van der Waals surface area contributed by atoms with Crippen LogP contribution in [-0.4, -0.2) is 0 Å². The molecule has 0 saturated carbocycles. The maximum atomic E-state index is 2.35. The van der Waals surface area contributed by atoms with Gasteiger partial charge >= 0.3 is 0 Å². The zero-order valence-corrected chi connectivity index (χ0v) is 13.6. The molecule has 0 fully saturated rings. The van der Waals surface area contributed by atoms with Crippen molar-refractivity contribution in [2.24, 2.45) is 0 Å². The molecule has 3 aromatic rings. The van der Waals surface area contributed by atoms with Crippen molar-refractivity contribution in [3.05, 3.63) is 66.2 Å². The third kappa shape index (κ3) is 2.92. The molecule has 0 unspecified atom stereocenters. The van der Waals surface area contributed by atoms with E-state index in [9.17, 15) is 0 Å². The van der Waals surface area contributed by atoms with Crippen LogP contribution in [0.1, 0.15) is 18.9 Å². The zero-order chi connectivity index (χ0) is 12.4. The Kier molecular flexibility index (Phi) is 4.83. The van der Waals surface area contributed by atoms with Gasteiger partial charge in [-0.05, 0) is 12.0 Å². The third-order valence-corrected chi connectivity index (χ3v) is 3.43. The quantitative estimate of drug-likeness (QED) is 0.583. The van der Waals surface area contributed by atoms with Gasteiger partial charge in [0, 0.05) is 26.2 Å². The number of rotatable bonds is 3. The minimum absolute atomic E-state index is 0. The van der Waals surface area contributed by atoms with Crippen LogP contribution in [0.2, 0.25) is 0 Å². The Balaban J connectivity index is 0.00000133.